The summed E-state index contributed by atoms with van der Waals surface area (Å²) in [6, 6.07) is 21.3. The molecular formula is C16H18Mg. The van der Waals surface area contributed by atoms with Gasteiger partial charge >= 0.3 is 23.1 Å². The topological polar surface area (TPSA) is 0 Å². The predicted molar refractivity (Wildman–Crippen MR) is 76.7 cm³/mol. The number of hydrogen-bond acceptors (Lipinski definition) is 0. The molecule has 0 atom stereocenters. The van der Waals surface area contributed by atoms with E-state index in [4.69, 9.17) is 0 Å². The predicted octanol–water partition coefficient (Wildman–Crippen LogP) is 4.39. The molecule has 0 saturated carbocycles. The Kier molecular flexibility index (Phi) is 8.83. The van der Waals surface area contributed by atoms with Crippen LogP contribution in [0.25, 0.3) is 11.1 Å². The molecule has 0 amide bonds. The first kappa shape index (κ1) is 16.2. The van der Waals surface area contributed by atoms with Crippen molar-refractivity contribution in [3.05, 3.63) is 66.6 Å². The molecule has 0 saturated heterocycles. The minimum atomic E-state index is 0. The van der Waals surface area contributed by atoms with Crippen molar-refractivity contribution in [2.75, 3.05) is 0 Å². The van der Waals surface area contributed by atoms with Crippen LogP contribution >= 0.6 is 0 Å². The molecule has 0 aliphatic rings. The summed E-state index contributed by atoms with van der Waals surface area (Å²) in [5.41, 5.74) is 2.50. The molecule has 0 bridgehead atoms. The van der Waals surface area contributed by atoms with E-state index in [1.807, 2.05) is 30.3 Å². The molecule has 0 nitrogen and oxygen atoms in total. The first-order valence-corrected chi connectivity index (χ1v) is 5.48. The summed E-state index contributed by atoms with van der Waals surface area (Å²) in [5.74, 6) is 1.42. The molecule has 2 rings (SSSR count). The van der Waals surface area contributed by atoms with Gasteiger partial charge in [0.25, 0.3) is 0 Å². The van der Waals surface area contributed by atoms with E-state index in [9.17, 15) is 0 Å². The first-order valence-electron chi connectivity index (χ1n) is 5.48. The average Bonchev–Trinajstić information content (AvgIpc) is 2.31. The maximum atomic E-state index is 3.00. The standard InChI is InChI=1S/C12H9.C4H9.Mg/c1-3-7-11(8-4-1)12-9-5-2-6-10-12;1-4(2)3;/h1,3-10H;1-3H3;/q2*-1;+2. The Labute approximate surface area is 121 Å². The molecule has 0 aliphatic carbocycles. The third-order valence-corrected chi connectivity index (χ3v) is 1.83. The minimum absolute atomic E-state index is 0. The van der Waals surface area contributed by atoms with Crippen molar-refractivity contribution < 1.29 is 0 Å². The van der Waals surface area contributed by atoms with E-state index < -0.39 is 0 Å². The Hall–Kier alpha value is -0.794. The Morgan fingerprint density at radius 2 is 1.18 bits per heavy atom. The van der Waals surface area contributed by atoms with E-state index >= 15 is 0 Å². The van der Waals surface area contributed by atoms with Gasteiger partial charge < -0.3 is 5.92 Å². The van der Waals surface area contributed by atoms with Crippen molar-refractivity contribution in [1.82, 2.24) is 0 Å². The van der Waals surface area contributed by atoms with Gasteiger partial charge in [-0.15, -0.1) is 5.56 Å². The van der Waals surface area contributed by atoms with E-state index in [0.29, 0.717) is 0 Å². The van der Waals surface area contributed by atoms with E-state index in [1.54, 1.807) is 0 Å². The molecule has 0 aliphatic heterocycles. The zero-order valence-corrected chi connectivity index (χ0v) is 12.3. The van der Waals surface area contributed by atoms with E-state index in [0.717, 1.165) is 0 Å². The minimum Gasteiger partial charge on any atom is -0.323 e. The molecule has 0 heterocycles. The molecule has 2 aromatic carbocycles. The van der Waals surface area contributed by atoms with Gasteiger partial charge in [0.1, 0.15) is 0 Å². The van der Waals surface area contributed by atoms with E-state index in [2.05, 4.69) is 51.1 Å². The normalized spacial score (nSPS) is 8.94. The van der Waals surface area contributed by atoms with Gasteiger partial charge in [0.05, 0.1) is 0 Å². The third-order valence-electron chi connectivity index (χ3n) is 1.83. The van der Waals surface area contributed by atoms with Gasteiger partial charge in [0.2, 0.25) is 0 Å². The van der Waals surface area contributed by atoms with Crippen molar-refractivity contribution in [1.29, 1.82) is 0 Å². The van der Waals surface area contributed by atoms with Crippen LogP contribution in [0.5, 0.6) is 0 Å². The molecule has 0 aromatic heterocycles. The summed E-state index contributed by atoms with van der Waals surface area (Å²) >= 11 is 0. The monoisotopic (exact) mass is 234 g/mol. The second-order valence-corrected chi connectivity index (χ2v) is 4.15. The summed E-state index contributed by atoms with van der Waals surface area (Å²) in [5, 5.41) is 0. The van der Waals surface area contributed by atoms with E-state index in [1.165, 1.54) is 17.0 Å². The van der Waals surface area contributed by atoms with Gasteiger partial charge in [-0.1, -0.05) is 30.3 Å². The van der Waals surface area contributed by atoms with Gasteiger partial charge in [-0.3, -0.25) is 0 Å². The molecule has 0 N–H and O–H groups in total. The van der Waals surface area contributed by atoms with Gasteiger partial charge in [0, 0.05) is 0 Å². The Morgan fingerprint density at radius 3 is 1.65 bits per heavy atom. The second kappa shape index (κ2) is 9.26. The van der Waals surface area contributed by atoms with Crippen molar-refractivity contribution in [3.63, 3.8) is 0 Å². The van der Waals surface area contributed by atoms with Crippen LogP contribution in [0.3, 0.4) is 0 Å². The molecule has 84 valence electrons. The Bertz CT molecular complexity index is 339. The number of hydrogen-bond donors (Lipinski definition) is 0. The van der Waals surface area contributed by atoms with Gasteiger partial charge in [-0.2, -0.15) is 51.1 Å². The first-order chi connectivity index (χ1) is 7.70. The van der Waals surface area contributed by atoms with Crippen LogP contribution in [0.2, 0.25) is 0 Å². The quantitative estimate of drug-likeness (QED) is 0.507. The molecular weight excluding hydrogens is 216 g/mol. The van der Waals surface area contributed by atoms with Crippen LogP contribution in [-0.2, 0) is 0 Å². The second-order valence-electron chi connectivity index (χ2n) is 4.15. The Balaban J connectivity index is 0.000000453. The maximum absolute atomic E-state index is 3.00. The summed E-state index contributed by atoms with van der Waals surface area (Å²) < 4.78 is 0. The van der Waals surface area contributed by atoms with Crippen LogP contribution in [0.4, 0.5) is 0 Å². The summed E-state index contributed by atoms with van der Waals surface area (Å²) in [4.78, 5) is 0. The van der Waals surface area contributed by atoms with Gasteiger partial charge in [-0.05, 0) is 5.56 Å². The van der Waals surface area contributed by atoms with Gasteiger partial charge in [-0.25, -0.2) is 0 Å². The molecule has 0 unspecified atom stereocenters. The molecule has 0 radical (unpaired) electrons. The largest absolute Gasteiger partial charge is 2.00 e. The molecule has 2 aromatic rings. The van der Waals surface area contributed by atoms with Crippen molar-refractivity contribution in [2.24, 2.45) is 0 Å². The van der Waals surface area contributed by atoms with Crippen molar-refractivity contribution in [3.8, 4) is 11.1 Å². The molecule has 0 spiro atoms. The molecule has 17 heavy (non-hydrogen) atoms. The smallest absolute Gasteiger partial charge is 0.323 e. The van der Waals surface area contributed by atoms with E-state index in [-0.39, 0.29) is 23.1 Å². The zero-order valence-electron chi connectivity index (χ0n) is 10.9. The van der Waals surface area contributed by atoms with Crippen LogP contribution in [0.15, 0.2) is 54.6 Å². The molecule has 0 fully saturated rings. The maximum Gasteiger partial charge on any atom is 2.00 e. The fraction of sp³-hybridized carbons (Fsp3) is 0.188. The summed E-state index contributed by atoms with van der Waals surface area (Å²) in [7, 11) is 0. The number of rotatable bonds is 1. The van der Waals surface area contributed by atoms with Gasteiger partial charge in [0.15, 0.2) is 0 Å². The van der Waals surface area contributed by atoms with Crippen LogP contribution in [0, 0.1) is 12.0 Å². The molecule has 1 heteroatoms. The number of benzene rings is 2. The summed E-state index contributed by atoms with van der Waals surface area (Å²) in [6.07, 6.45) is 0. The fourth-order valence-corrected chi connectivity index (χ4v) is 1.21. The Morgan fingerprint density at radius 1 is 0.765 bits per heavy atom. The van der Waals surface area contributed by atoms with Crippen molar-refractivity contribution in [2.45, 2.75) is 20.8 Å². The average molecular weight is 235 g/mol. The van der Waals surface area contributed by atoms with Crippen molar-refractivity contribution >= 4 is 23.1 Å². The fourth-order valence-electron chi connectivity index (χ4n) is 1.21. The van der Waals surface area contributed by atoms with Crippen LogP contribution in [-0.4, -0.2) is 23.1 Å². The SMILES string of the molecule is C[C-](C)C.[Mg+2].[c-]1ccc(-c2ccccc2)cc1. The third kappa shape index (κ3) is 7.19. The summed E-state index contributed by atoms with van der Waals surface area (Å²) in [6.45, 7) is 6.25. The van der Waals surface area contributed by atoms with Crippen LogP contribution in [0.1, 0.15) is 20.8 Å². The van der Waals surface area contributed by atoms with Crippen LogP contribution < -0.4 is 0 Å². The zero-order chi connectivity index (χ0) is 11.8.